The van der Waals surface area contributed by atoms with E-state index >= 15 is 0 Å². The van der Waals surface area contributed by atoms with Crippen LogP contribution >= 0.6 is 23.2 Å². The first kappa shape index (κ1) is 27.6. The van der Waals surface area contributed by atoms with E-state index in [4.69, 9.17) is 23.2 Å². The Kier molecular flexibility index (Phi) is 8.12. The van der Waals surface area contributed by atoms with Crippen LogP contribution in [0.2, 0.25) is 10.0 Å². The summed E-state index contributed by atoms with van der Waals surface area (Å²) in [5.41, 5.74) is 1.78. The number of fused-ring (bicyclic) bond motifs is 1. The number of halogens is 2. The van der Waals surface area contributed by atoms with Crippen LogP contribution in [0, 0.1) is 6.92 Å². The first-order valence-electron chi connectivity index (χ1n) is 11.5. The number of carboxylic acid groups (broad SMARTS) is 1. The average Bonchev–Trinajstić information content (AvgIpc) is 3.17. The second-order valence-electron chi connectivity index (χ2n) is 8.90. The summed E-state index contributed by atoms with van der Waals surface area (Å²) >= 11 is 12.0. The molecule has 0 saturated carbocycles. The van der Waals surface area contributed by atoms with Crippen molar-refractivity contribution in [2.24, 2.45) is 0 Å². The number of sulfonamides is 1. The minimum absolute atomic E-state index is 0.120. The highest BCUT2D eigenvalue weighted by atomic mass is 35.5. The standard InChI is InChI=1S/C25H26Cl2N6O4S/c1-16-14-32(24-7-6-23(29-30-24)28-8-9-31(2)3)22-5-4-19(13-21(16)22)33(15-25(34)35)38(36,37)20-11-17(26)10-18(27)12-20/h4-7,10-14H,8-9,15H2,1-3H3,(H,28,29)(H,34,35). The molecule has 2 heterocycles. The Bertz CT molecular complexity index is 1570. The van der Waals surface area contributed by atoms with Crippen LogP contribution < -0.4 is 9.62 Å². The zero-order chi connectivity index (χ0) is 27.6. The molecule has 0 saturated heterocycles. The molecular formula is C25H26Cl2N6O4S. The monoisotopic (exact) mass is 576 g/mol. The third kappa shape index (κ3) is 6.02. The number of hydrogen-bond donors (Lipinski definition) is 2. The lowest BCUT2D eigenvalue weighted by Gasteiger charge is -2.23. The Hall–Kier alpha value is -3.38. The predicted molar refractivity (Wildman–Crippen MR) is 149 cm³/mol. The van der Waals surface area contributed by atoms with Crippen molar-refractivity contribution in [1.82, 2.24) is 19.7 Å². The third-order valence-corrected chi connectivity index (χ3v) is 7.93. The summed E-state index contributed by atoms with van der Waals surface area (Å²) in [6.45, 7) is 2.67. The van der Waals surface area contributed by atoms with E-state index in [2.05, 4.69) is 20.4 Å². The maximum absolute atomic E-state index is 13.5. The normalized spacial score (nSPS) is 11.7. The van der Waals surface area contributed by atoms with E-state index in [9.17, 15) is 18.3 Å². The fourth-order valence-electron chi connectivity index (χ4n) is 3.93. The quantitative estimate of drug-likeness (QED) is 0.287. The van der Waals surface area contributed by atoms with Crippen LogP contribution in [0.5, 0.6) is 0 Å². The van der Waals surface area contributed by atoms with Gasteiger partial charge in [-0.2, -0.15) is 0 Å². The van der Waals surface area contributed by atoms with Gasteiger partial charge in [-0.05, 0) is 75.1 Å². The molecule has 4 rings (SSSR count). The van der Waals surface area contributed by atoms with Gasteiger partial charge in [-0.3, -0.25) is 13.7 Å². The zero-order valence-corrected chi connectivity index (χ0v) is 23.2. The van der Waals surface area contributed by atoms with Crippen molar-refractivity contribution < 1.29 is 18.3 Å². The summed E-state index contributed by atoms with van der Waals surface area (Å²) < 4.78 is 29.6. The zero-order valence-electron chi connectivity index (χ0n) is 20.9. The number of benzene rings is 2. The number of nitrogens with zero attached hydrogens (tertiary/aromatic N) is 5. The Morgan fingerprint density at radius 3 is 2.37 bits per heavy atom. The van der Waals surface area contributed by atoms with Crippen molar-refractivity contribution in [3.05, 3.63) is 70.3 Å². The van der Waals surface area contributed by atoms with E-state index in [0.717, 1.165) is 33.9 Å². The number of aromatic nitrogens is 3. The van der Waals surface area contributed by atoms with Crippen molar-refractivity contribution in [2.45, 2.75) is 11.8 Å². The number of aliphatic carboxylic acids is 1. The highest BCUT2D eigenvalue weighted by Crippen LogP contribution is 2.32. The van der Waals surface area contributed by atoms with E-state index in [1.54, 1.807) is 18.2 Å². The minimum Gasteiger partial charge on any atom is -0.480 e. The molecule has 4 aromatic rings. The first-order valence-corrected chi connectivity index (χ1v) is 13.7. The minimum atomic E-state index is -4.29. The van der Waals surface area contributed by atoms with Crippen molar-refractivity contribution in [3.63, 3.8) is 0 Å². The molecule has 0 aliphatic carbocycles. The van der Waals surface area contributed by atoms with Gasteiger partial charge in [0.25, 0.3) is 10.0 Å². The number of hydrogen-bond acceptors (Lipinski definition) is 7. The van der Waals surface area contributed by atoms with Gasteiger partial charge in [0.2, 0.25) is 0 Å². The summed E-state index contributed by atoms with van der Waals surface area (Å²) in [7, 11) is -0.313. The molecule has 2 N–H and O–H groups in total. The number of aryl methyl sites for hydroxylation is 1. The topological polar surface area (TPSA) is 121 Å². The Morgan fingerprint density at radius 1 is 1.05 bits per heavy atom. The van der Waals surface area contributed by atoms with Crippen molar-refractivity contribution in [2.75, 3.05) is 43.4 Å². The molecule has 0 atom stereocenters. The predicted octanol–water partition coefficient (Wildman–Crippen LogP) is 4.29. The molecule has 10 nitrogen and oxygen atoms in total. The molecule has 38 heavy (non-hydrogen) atoms. The lowest BCUT2D eigenvalue weighted by atomic mass is 10.2. The molecule has 0 bridgehead atoms. The summed E-state index contributed by atoms with van der Waals surface area (Å²) in [6, 6.07) is 12.4. The summed E-state index contributed by atoms with van der Waals surface area (Å²) in [4.78, 5) is 13.5. The molecule has 0 fully saturated rings. The van der Waals surface area contributed by atoms with Crippen LogP contribution in [0.15, 0.2) is 59.6 Å². The van der Waals surface area contributed by atoms with Crippen LogP contribution in [-0.4, -0.2) is 72.9 Å². The van der Waals surface area contributed by atoms with Crippen molar-refractivity contribution in [1.29, 1.82) is 0 Å². The maximum Gasteiger partial charge on any atom is 0.324 e. The molecule has 0 unspecified atom stereocenters. The number of anilines is 2. The SMILES string of the molecule is Cc1cn(-c2ccc(NCCN(C)C)nn2)c2ccc(N(CC(=O)O)S(=O)(=O)c3cc(Cl)cc(Cl)c3)cc12. The van der Waals surface area contributed by atoms with E-state index in [1.807, 2.05) is 43.9 Å². The Labute approximate surface area is 230 Å². The van der Waals surface area contributed by atoms with E-state index in [-0.39, 0.29) is 20.6 Å². The second-order valence-corrected chi connectivity index (χ2v) is 11.6. The van der Waals surface area contributed by atoms with Gasteiger partial charge in [0.05, 0.1) is 16.1 Å². The third-order valence-electron chi connectivity index (χ3n) is 5.74. The average molecular weight is 577 g/mol. The molecule has 0 amide bonds. The molecule has 0 radical (unpaired) electrons. The molecule has 200 valence electrons. The van der Waals surface area contributed by atoms with Gasteiger partial charge in [-0.25, -0.2) is 8.42 Å². The summed E-state index contributed by atoms with van der Waals surface area (Å²) in [6.07, 6.45) is 1.87. The van der Waals surface area contributed by atoms with E-state index < -0.39 is 22.5 Å². The van der Waals surface area contributed by atoms with Gasteiger partial charge in [-0.15, -0.1) is 10.2 Å². The van der Waals surface area contributed by atoms with Crippen molar-refractivity contribution in [3.8, 4) is 5.82 Å². The van der Waals surface area contributed by atoms with Gasteiger partial charge in [0.15, 0.2) is 5.82 Å². The van der Waals surface area contributed by atoms with Crippen LogP contribution in [0.4, 0.5) is 11.5 Å². The van der Waals surface area contributed by atoms with Gasteiger partial charge < -0.3 is 15.3 Å². The fourth-order valence-corrected chi connectivity index (χ4v) is 6.06. The Balaban J connectivity index is 1.71. The number of carbonyl (C=O) groups is 1. The maximum atomic E-state index is 13.5. The second kappa shape index (κ2) is 11.2. The summed E-state index contributed by atoms with van der Waals surface area (Å²) in [5.74, 6) is -0.0788. The highest BCUT2D eigenvalue weighted by Gasteiger charge is 2.28. The van der Waals surface area contributed by atoms with Crippen LogP contribution in [0.3, 0.4) is 0 Å². The van der Waals surface area contributed by atoms with E-state index in [0.29, 0.717) is 11.6 Å². The molecule has 2 aromatic carbocycles. The smallest absolute Gasteiger partial charge is 0.324 e. The molecule has 13 heteroatoms. The highest BCUT2D eigenvalue weighted by molar-refractivity contribution is 7.92. The number of nitrogens with one attached hydrogen (secondary N) is 1. The number of rotatable bonds is 10. The molecule has 2 aromatic heterocycles. The van der Waals surface area contributed by atoms with Gasteiger partial charge in [-0.1, -0.05) is 23.2 Å². The Morgan fingerprint density at radius 2 is 1.76 bits per heavy atom. The van der Waals surface area contributed by atoms with E-state index in [1.165, 1.54) is 18.2 Å². The lowest BCUT2D eigenvalue weighted by Crippen LogP contribution is -2.35. The van der Waals surface area contributed by atoms with Crippen molar-refractivity contribution >= 4 is 61.6 Å². The van der Waals surface area contributed by atoms with Gasteiger partial charge >= 0.3 is 5.97 Å². The lowest BCUT2D eigenvalue weighted by molar-refractivity contribution is -0.135. The van der Waals surface area contributed by atoms with Crippen LogP contribution in [0.25, 0.3) is 16.7 Å². The molecule has 0 spiro atoms. The van der Waals surface area contributed by atoms with Gasteiger partial charge in [0, 0.05) is 34.7 Å². The number of likely N-dealkylation sites (N-methyl/N-ethyl adjacent to an activating group) is 1. The van der Waals surface area contributed by atoms with Gasteiger partial charge in [0.1, 0.15) is 12.4 Å². The molecular weight excluding hydrogens is 551 g/mol. The summed E-state index contributed by atoms with van der Waals surface area (Å²) in [5, 5.41) is 22.3. The molecule has 0 aliphatic heterocycles. The van der Waals surface area contributed by atoms with Crippen LogP contribution in [-0.2, 0) is 14.8 Å². The molecule has 0 aliphatic rings. The largest absolute Gasteiger partial charge is 0.480 e. The number of carboxylic acids is 1. The first-order chi connectivity index (χ1) is 18.0. The van der Waals surface area contributed by atoms with Crippen LogP contribution in [0.1, 0.15) is 5.56 Å². The fraction of sp³-hybridized carbons (Fsp3) is 0.240.